The van der Waals surface area contributed by atoms with Crippen molar-refractivity contribution in [2.75, 3.05) is 18.4 Å². The molecule has 2 heterocycles. The van der Waals surface area contributed by atoms with Crippen LogP contribution in [0, 0.1) is 0 Å². The summed E-state index contributed by atoms with van der Waals surface area (Å²) in [6, 6.07) is 8.14. The van der Waals surface area contributed by atoms with Crippen LogP contribution < -0.4 is 5.32 Å². The van der Waals surface area contributed by atoms with Crippen LogP contribution in [0.2, 0.25) is 5.02 Å². The number of nitrogens with one attached hydrogen (secondary N) is 1. The van der Waals surface area contributed by atoms with Gasteiger partial charge in [-0.3, -0.25) is 4.79 Å². The molecule has 0 bridgehead atoms. The van der Waals surface area contributed by atoms with E-state index in [-0.39, 0.29) is 5.91 Å². The molecule has 0 saturated carbocycles. The molecule has 138 valence electrons. The van der Waals surface area contributed by atoms with Gasteiger partial charge in [0.2, 0.25) is 5.95 Å². The van der Waals surface area contributed by atoms with E-state index < -0.39 is 0 Å². The molecule has 1 saturated heterocycles. The first-order valence-electron chi connectivity index (χ1n) is 9.28. The highest BCUT2D eigenvalue weighted by Gasteiger charge is 2.26. The number of hydrogen-bond acceptors (Lipinski definition) is 4. The van der Waals surface area contributed by atoms with Crippen LogP contribution in [0.15, 0.2) is 36.7 Å². The molecule has 1 amide bonds. The van der Waals surface area contributed by atoms with Gasteiger partial charge in [0.1, 0.15) is 0 Å². The predicted molar refractivity (Wildman–Crippen MR) is 105 cm³/mol. The van der Waals surface area contributed by atoms with Crippen LogP contribution in [0.3, 0.4) is 0 Å². The summed E-state index contributed by atoms with van der Waals surface area (Å²) in [5.74, 6) is 0.580. The number of aromatic nitrogens is 2. The van der Waals surface area contributed by atoms with Gasteiger partial charge in [0.25, 0.3) is 5.91 Å². The summed E-state index contributed by atoms with van der Waals surface area (Å²) < 4.78 is 0. The second-order valence-electron chi connectivity index (χ2n) is 6.66. The molecule has 26 heavy (non-hydrogen) atoms. The normalized spacial score (nSPS) is 17.2. The molecule has 1 N–H and O–H groups in total. The molecule has 1 aliphatic heterocycles. The average Bonchev–Trinajstić information content (AvgIpc) is 2.68. The molecule has 1 aromatic heterocycles. The van der Waals surface area contributed by atoms with Crippen LogP contribution in [-0.2, 0) is 6.42 Å². The number of benzene rings is 1. The number of amides is 1. The summed E-state index contributed by atoms with van der Waals surface area (Å²) in [7, 11) is 0. The molecule has 1 atom stereocenters. The summed E-state index contributed by atoms with van der Waals surface area (Å²) in [6.07, 6.45) is 8.44. The summed E-state index contributed by atoms with van der Waals surface area (Å²) >= 11 is 5.99. The number of carbonyl (C=O) groups excluding carboxylic acids is 1. The lowest BCUT2D eigenvalue weighted by Gasteiger charge is -2.35. The lowest BCUT2D eigenvalue weighted by molar-refractivity contribution is 0.0607. The van der Waals surface area contributed by atoms with E-state index in [9.17, 15) is 4.79 Å². The van der Waals surface area contributed by atoms with Crippen LogP contribution in [0.1, 0.15) is 48.5 Å². The van der Waals surface area contributed by atoms with Gasteiger partial charge >= 0.3 is 0 Å². The van der Waals surface area contributed by atoms with Crippen molar-refractivity contribution >= 4 is 23.5 Å². The van der Waals surface area contributed by atoms with Gasteiger partial charge in [-0.05, 0) is 49.8 Å². The van der Waals surface area contributed by atoms with Gasteiger partial charge in [0.05, 0.1) is 5.56 Å². The van der Waals surface area contributed by atoms with E-state index in [2.05, 4.69) is 22.2 Å². The van der Waals surface area contributed by atoms with Crippen molar-refractivity contribution in [2.45, 2.75) is 45.1 Å². The van der Waals surface area contributed by atoms with Crippen LogP contribution >= 0.6 is 11.6 Å². The Labute approximate surface area is 159 Å². The number of halogens is 1. The van der Waals surface area contributed by atoms with E-state index in [0.29, 0.717) is 24.1 Å². The molecule has 1 aromatic carbocycles. The van der Waals surface area contributed by atoms with Crippen LogP contribution in [0.5, 0.6) is 0 Å². The fraction of sp³-hybridized carbons (Fsp3) is 0.450. The molecule has 0 spiro atoms. The van der Waals surface area contributed by atoms with Crippen molar-refractivity contribution in [3.05, 3.63) is 52.8 Å². The molecule has 1 aliphatic rings. The second-order valence-corrected chi connectivity index (χ2v) is 7.09. The maximum Gasteiger partial charge on any atom is 0.257 e. The largest absolute Gasteiger partial charge is 0.354 e. The van der Waals surface area contributed by atoms with Gasteiger partial charge in [-0.25, -0.2) is 9.97 Å². The SMILES string of the molecule is CCC1CCCCN1C(=O)c1cnc(NCCc2cccc(Cl)c2)nc1. The number of hydrogen-bond donors (Lipinski definition) is 1. The highest BCUT2D eigenvalue weighted by atomic mass is 35.5. The Morgan fingerprint density at radius 2 is 2.12 bits per heavy atom. The monoisotopic (exact) mass is 372 g/mol. The average molecular weight is 373 g/mol. The minimum absolute atomic E-state index is 0.0435. The zero-order valence-corrected chi connectivity index (χ0v) is 15.9. The summed E-state index contributed by atoms with van der Waals surface area (Å²) in [5.41, 5.74) is 1.72. The molecular weight excluding hydrogens is 348 g/mol. The Morgan fingerprint density at radius 1 is 1.31 bits per heavy atom. The lowest BCUT2D eigenvalue weighted by Crippen LogP contribution is -2.43. The van der Waals surface area contributed by atoms with Gasteiger partial charge in [0, 0.05) is 36.5 Å². The fourth-order valence-electron chi connectivity index (χ4n) is 3.40. The molecule has 3 rings (SSSR count). The summed E-state index contributed by atoms with van der Waals surface area (Å²) in [6.45, 7) is 3.67. The summed E-state index contributed by atoms with van der Waals surface area (Å²) in [5, 5.41) is 3.93. The van der Waals surface area contributed by atoms with Crippen LogP contribution in [0.4, 0.5) is 5.95 Å². The van der Waals surface area contributed by atoms with Gasteiger partial charge in [-0.1, -0.05) is 30.7 Å². The van der Waals surface area contributed by atoms with Crippen LogP contribution in [0.25, 0.3) is 0 Å². The zero-order chi connectivity index (χ0) is 18.4. The van der Waals surface area contributed by atoms with E-state index in [4.69, 9.17) is 11.6 Å². The van der Waals surface area contributed by atoms with E-state index in [1.165, 1.54) is 6.42 Å². The molecule has 2 aromatic rings. The third-order valence-corrected chi connectivity index (χ3v) is 5.08. The highest BCUT2D eigenvalue weighted by Crippen LogP contribution is 2.21. The van der Waals surface area contributed by atoms with E-state index in [1.54, 1.807) is 12.4 Å². The third kappa shape index (κ3) is 4.73. The minimum Gasteiger partial charge on any atom is -0.354 e. The van der Waals surface area contributed by atoms with E-state index in [1.807, 2.05) is 29.2 Å². The van der Waals surface area contributed by atoms with Crippen molar-refractivity contribution in [2.24, 2.45) is 0 Å². The first-order chi connectivity index (χ1) is 12.7. The Morgan fingerprint density at radius 3 is 2.85 bits per heavy atom. The number of nitrogens with zero attached hydrogens (tertiary/aromatic N) is 3. The first kappa shape index (κ1) is 18.6. The zero-order valence-electron chi connectivity index (χ0n) is 15.1. The third-order valence-electron chi connectivity index (χ3n) is 4.84. The quantitative estimate of drug-likeness (QED) is 0.826. The fourth-order valence-corrected chi connectivity index (χ4v) is 3.61. The van der Waals surface area contributed by atoms with Crippen LogP contribution in [-0.4, -0.2) is 39.9 Å². The molecule has 6 heteroatoms. The Balaban J connectivity index is 1.55. The molecule has 1 fully saturated rings. The van der Waals surface area contributed by atoms with Crippen molar-refractivity contribution in [3.8, 4) is 0 Å². The Kier molecular flexibility index (Phi) is 6.45. The standard InChI is InChI=1S/C20H25ClN4O/c1-2-18-8-3-4-11-25(18)19(26)16-13-23-20(24-14-16)22-10-9-15-6-5-7-17(21)12-15/h5-7,12-14,18H,2-4,8-11H2,1H3,(H,22,23,24). The number of rotatable bonds is 6. The van der Waals surface area contributed by atoms with E-state index in [0.717, 1.165) is 42.8 Å². The highest BCUT2D eigenvalue weighted by molar-refractivity contribution is 6.30. The second kappa shape index (κ2) is 8.99. The summed E-state index contributed by atoms with van der Waals surface area (Å²) in [4.78, 5) is 23.3. The number of carbonyl (C=O) groups is 1. The van der Waals surface area contributed by atoms with Crippen molar-refractivity contribution < 1.29 is 4.79 Å². The smallest absolute Gasteiger partial charge is 0.257 e. The number of likely N-dealkylation sites (tertiary alicyclic amines) is 1. The van der Waals surface area contributed by atoms with Gasteiger partial charge < -0.3 is 10.2 Å². The van der Waals surface area contributed by atoms with Gasteiger partial charge in [-0.2, -0.15) is 0 Å². The number of anilines is 1. The lowest BCUT2D eigenvalue weighted by atomic mass is 9.99. The Bertz CT molecular complexity index is 735. The molecule has 0 aliphatic carbocycles. The first-order valence-corrected chi connectivity index (χ1v) is 9.66. The van der Waals surface area contributed by atoms with Crippen molar-refractivity contribution in [1.82, 2.24) is 14.9 Å². The molecule has 1 unspecified atom stereocenters. The maximum atomic E-state index is 12.7. The predicted octanol–water partition coefficient (Wildman–Crippen LogP) is 4.19. The molecular formula is C20H25ClN4O. The minimum atomic E-state index is 0.0435. The van der Waals surface area contributed by atoms with Crippen molar-refractivity contribution in [1.29, 1.82) is 0 Å². The van der Waals surface area contributed by atoms with E-state index >= 15 is 0 Å². The maximum absolute atomic E-state index is 12.7. The van der Waals surface area contributed by atoms with Gasteiger partial charge in [0.15, 0.2) is 0 Å². The molecule has 0 radical (unpaired) electrons. The molecule has 5 nitrogen and oxygen atoms in total. The Hall–Kier alpha value is -2.14. The topological polar surface area (TPSA) is 58.1 Å². The van der Waals surface area contributed by atoms with Crippen molar-refractivity contribution in [3.63, 3.8) is 0 Å². The van der Waals surface area contributed by atoms with Gasteiger partial charge in [-0.15, -0.1) is 0 Å². The number of piperidine rings is 1.